The molecule has 0 radical (unpaired) electrons. The average molecular weight is 266 g/mol. The van der Waals surface area contributed by atoms with Crippen LogP contribution >= 0.6 is 12.4 Å². The number of nitrogens with two attached hydrogens (primary N) is 2. The number of rotatable bonds is 4. The van der Waals surface area contributed by atoms with E-state index in [2.05, 4.69) is 4.72 Å². The Kier molecular flexibility index (Phi) is 5.57. The summed E-state index contributed by atoms with van der Waals surface area (Å²) in [6, 6.07) is 5.33. The number of nitrogens with one attached hydrogen (secondary N) is 1. The van der Waals surface area contributed by atoms with E-state index in [1.165, 1.54) is 0 Å². The smallest absolute Gasteiger partial charge is 0.208 e. The van der Waals surface area contributed by atoms with Gasteiger partial charge in [0.1, 0.15) is 0 Å². The van der Waals surface area contributed by atoms with Gasteiger partial charge in [0.25, 0.3) is 0 Å². The zero-order valence-corrected chi connectivity index (χ0v) is 10.6. The van der Waals surface area contributed by atoms with E-state index in [1.54, 1.807) is 12.1 Å². The van der Waals surface area contributed by atoms with Gasteiger partial charge in [-0.1, -0.05) is 12.1 Å². The molecular formula is C9H16ClN3O2S. The van der Waals surface area contributed by atoms with Crippen molar-refractivity contribution in [2.24, 2.45) is 0 Å². The van der Waals surface area contributed by atoms with Gasteiger partial charge in [0, 0.05) is 6.54 Å². The molecule has 0 aliphatic rings. The number of benzene rings is 1. The van der Waals surface area contributed by atoms with E-state index in [1.807, 2.05) is 6.07 Å². The third kappa shape index (κ3) is 4.69. The van der Waals surface area contributed by atoms with Crippen molar-refractivity contribution in [1.29, 1.82) is 0 Å². The van der Waals surface area contributed by atoms with Crippen molar-refractivity contribution in [3.05, 3.63) is 23.8 Å². The Bertz CT molecular complexity index is 448. The minimum atomic E-state index is -3.14. The summed E-state index contributed by atoms with van der Waals surface area (Å²) in [5.74, 6) is 0. The van der Waals surface area contributed by atoms with Crippen molar-refractivity contribution in [2.75, 3.05) is 24.3 Å². The Morgan fingerprint density at radius 1 is 1.31 bits per heavy atom. The Morgan fingerprint density at radius 2 is 1.94 bits per heavy atom. The Labute approximate surface area is 102 Å². The molecule has 7 heteroatoms. The predicted octanol–water partition coefficient (Wildman–Crippen LogP) is 0.365. The second-order valence-corrected chi connectivity index (χ2v) is 5.17. The van der Waals surface area contributed by atoms with Gasteiger partial charge in [0.15, 0.2) is 0 Å². The summed E-state index contributed by atoms with van der Waals surface area (Å²) < 4.78 is 24.0. The van der Waals surface area contributed by atoms with Crippen LogP contribution in [0.1, 0.15) is 5.56 Å². The third-order valence-corrected chi connectivity index (χ3v) is 2.72. The van der Waals surface area contributed by atoms with Crippen LogP contribution in [-0.2, 0) is 16.4 Å². The van der Waals surface area contributed by atoms with Crippen LogP contribution in [0, 0.1) is 0 Å². The van der Waals surface area contributed by atoms with Crippen molar-refractivity contribution in [3.63, 3.8) is 0 Å². The summed E-state index contributed by atoms with van der Waals surface area (Å²) in [5, 5.41) is 0. The molecule has 1 aromatic rings. The maximum atomic E-state index is 10.8. The maximum Gasteiger partial charge on any atom is 0.208 e. The molecule has 0 aliphatic heterocycles. The van der Waals surface area contributed by atoms with Gasteiger partial charge in [-0.05, 0) is 18.1 Å². The number of hydrogen-bond donors (Lipinski definition) is 3. The topological polar surface area (TPSA) is 98.2 Å². The number of anilines is 2. The largest absolute Gasteiger partial charge is 0.397 e. The summed E-state index contributed by atoms with van der Waals surface area (Å²) >= 11 is 0. The second-order valence-electron chi connectivity index (χ2n) is 3.34. The van der Waals surface area contributed by atoms with E-state index < -0.39 is 10.0 Å². The first-order chi connectivity index (χ1) is 6.90. The highest BCUT2D eigenvalue weighted by Crippen LogP contribution is 2.19. The molecule has 0 aliphatic carbocycles. The highest BCUT2D eigenvalue weighted by atomic mass is 35.5. The highest BCUT2D eigenvalue weighted by molar-refractivity contribution is 7.88. The van der Waals surface area contributed by atoms with Crippen LogP contribution in [0.5, 0.6) is 0 Å². The van der Waals surface area contributed by atoms with Crippen LogP contribution in [0.2, 0.25) is 0 Å². The number of para-hydroxylation sites is 1. The first kappa shape index (κ1) is 15.0. The molecule has 0 saturated heterocycles. The number of nitrogen functional groups attached to an aromatic ring is 2. The van der Waals surface area contributed by atoms with E-state index in [4.69, 9.17) is 11.5 Å². The lowest BCUT2D eigenvalue weighted by Gasteiger charge is -2.07. The van der Waals surface area contributed by atoms with E-state index in [9.17, 15) is 8.42 Å². The van der Waals surface area contributed by atoms with Crippen LogP contribution < -0.4 is 16.2 Å². The van der Waals surface area contributed by atoms with E-state index in [-0.39, 0.29) is 12.4 Å². The Balaban J connectivity index is 0.00000225. The average Bonchev–Trinajstić information content (AvgIpc) is 2.10. The molecule has 0 amide bonds. The summed E-state index contributed by atoms with van der Waals surface area (Å²) in [6.45, 7) is 0.326. The first-order valence-electron chi connectivity index (χ1n) is 4.47. The Morgan fingerprint density at radius 3 is 2.50 bits per heavy atom. The number of hydrogen-bond acceptors (Lipinski definition) is 4. The monoisotopic (exact) mass is 265 g/mol. The molecule has 16 heavy (non-hydrogen) atoms. The van der Waals surface area contributed by atoms with Gasteiger partial charge < -0.3 is 11.5 Å². The van der Waals surface area contributed by atoms with E-state index in [0.29, 0.717) is 24.3 Å². The molecule has 0 bridgehead atoms. The second kappa shape index (κ2) is 5.93. The van der Waals surface area contributed by atoms with Gasteiger partial charge >= 0.3 is 0 Å². The molecule has 0 aromatic heterocycles. The Hall–Kier alpha value is -0.980. The third-order valence-electron chi connectivity index (χ3n) is 1.99. The van der Waals surface area contributed by atoms with Crippen LogP contribution in [0.3, 0.4) is 0 Å². The van der Waals surface area contributed by atoms with Crippen molar-refractivity contribution < 1.29 is 8.42 Å². The van der Waals surface area contributed by atoms with Crippen LogP contribution in [-0.4, -0.2) is 21.2 Å². The zero-order valence-electron chi connectivity index (χ0n) is 8.93. The number of halogens is 1. The summed E-state index contributed by atoms with van der Waals surface area (Å²) in [5.41, 5.74) is 13.2. The fourth-order valence-electron chi connectivity index (χ4n) is 1.22. The SMILES string of the molecule is CS(=O)(=O)NCCc1cccc(N)c1N.Cl. The van der Waals surface area contributed by atoms with Gasteiger partial charge in [-0.25, -0.2) is 13.1 Å². The van der Waals surface area contributed by atoms with Crippen LogP contribution in [0.25, 0.3) is 0 Å². The van der Waals surface area contributed by atoms with E-state index >= 15 is 0 Å². The van der Waals surface area contributed by atoms with E-state index in [0.717, 1.165) is 11.8 Å². The molecule has 0 atom stereocenters. The minimum Gasteiger partial charge on any atom is -0.397 e. The van der Waals surface area contributed by atoms with Crippen LogP contribution in [0.4, 0.5) is 11.4 Å². The molecule has 5 nitrogen and oxygen atoms in total. The fourth-order valence-corrected chi connectivity index (χ4v) is 1.69. The van der Waals surface area contributed by atoms with Gasteiger partial charge in [-0.3, -0.25) is 0 Å². The fraction of sp³-hybridized carbons (Fsp3) is 0.333. The molecular weight excluding hydrogens is 250 g/mol. The lowest BCUT2D eigenvalue weighted by Crippen LogP contribution is -2.24. The molecule has 0 saturated carbocycles. The van der Waals surface area contributed by atoms with Gasteiger partial charge in [0.2, 0.25) is 10.0 Å². The standard InChI is InChI=1S/C9H15N3O2S.ClH/c1-15(13,14)12-6-5-7-3-2-4-8(10)9(7)11;/h2-4,12H,5-6,10-11H2,1H3;1H. The summed E-state index contributed by atoms with van der Waals surface area (Å²) in [4.78, 5) is 0. The lowest BCUT2D eigenvalue weighted by molar-refractivity contribution is 0.588. The molecule has 92 valence electrons. The van der Waals surface area contributed by atoms with Gasteiger partial charge in [0.05, 0.1) is 17.6 Å². The summed E-state index contributed by atoms with van der Waals surface area (Å²) in [7, 11) is -3.14. The quantitative estimate of drug-likeness (QED) is 0.685. The maximum absolute atomic E-state index is 10.8. The predicted molar refractivity (Wildman–Crippen MR) is 69.1 cm³/mol. The summed E-state index contributed by atoms with van der Waals surface area (Å²) in [6.07, 6.45) is 1.65. The highest BCUT2D eigenvalue weighted by Gasteiger charge is 2.04. The molecule has 1 rings (SSSR count). The van der Waals surface area contributed by atoms with Crippen molar-refractivity contribution in [1.82, 2.24) is 4.72 Å². The molecule has 0 heterocycles. The molecule has 5 N–H and O–H groups in total. The molecule has 0 fully saturated rings. The lowest BCUT2D eigenvalue weighted by atomic mass is 10.1. The van der Waals surface area contributed by atoms with Crippen LogP contribution in [0.15, 0.2) is 18.2 Å². The normalized spacial score (nSPS) is 10.8. The molecule has 0 unspecified atom stereocenters. The number of sulfonamides is 1. The minimum absolute atomic E-state index is 0. The van der Waals surface area contributed by atoms with Crippen molar-refractivity contribution >= 4 is 33.8 Å². The van der Waals surface area contributed by atoms with Crippen molar-refractivity contribution in [3.8, 4) is 0 Å². The van der Waals surface area contributed by atoms with Gasteiger partial charge in [-0.15, -0.1) is 12.4 Å². The molecule has 1 aromatic carbocycles. The van der Waals surface area contributed by atoms with Gasteiger partial charge in [-0.2, -0.15) is 0 Å². The molecule has 0 spiro atoms. The first-order valence-corrected chi connectivity index (χ1v) is 6.37. The zero-order chi connectivity index (χ0) is 11.5. The van der Waals surface area contributed by atoms with Crippen molar-refractivity contribution in [2.45, 2.75) is 6.42 Å².